The van der Waals surface area contributed by atoms with E-state index in [-0.39, 0.29) is 28.6 Å². The number of carboxylic acids is 1. The number of carbonyl (C=O) groups is 1. The number of para-hydroxylation sites is 1. The largest absolute Gasteiger partial charge is 0.478 e. The van der Waals surface area contributed by atoms with Gasteiger partial charge in [-0.05, 0) is 37.0 Å². The van der Waals surface area contributed by atoms with Crippen LogP contribution in [0.25, 0.3) is 11.1 Å². The zero-order chi connectivity index (χ0) is 18.8. The molecule has 0 bridgehead atoms. The van der Waals surface area contributed by atoms with Crippen LogP contribution in [-0.4, -0.2) is 36.2 Å². The highest BCUT2D eigenvalue weighted by atomic mass is 32.2. The lowest BCUT2D eigenvalue weighted by molar-refractivity contribution is 0.0698. The van der Waals surface area contributed by atoms with Gasteiger partial charge in [-0.2, -0.15) is 0 Å². The van der Waals surface area contributed by atoms with Gasteiger partial charge in [-0.1, -0.05) is 17.3 Å². The van der Waals surface area contributed by atoms with Crippen LogP contribution in [0, 0.1) is 0 Å². The third-order valence-corrected chi connectivity index (χ3v) is 6.83. The zero-order valence-corrected chi connectivity index (χ0v) is 14.9. The Kier molecular flexibility index (Phi) is 3.33. The Bertz CT molecular complexity index is 1200. The number of benzene rings is 1. The van der Waals surface area contributed by atoms with Crippen molar-refractivity contribution in [1.82, 2.24) is 10.1 Å². The van der Waals surface area contributed by atoms with Gasteiger partial charge in [0.2, 0.25) is 0 Å². The number of hydrogen-bond acceptors (Lipinski definition) is 6. The van der Waals surface area contributed by atoms with Crippen LogP contribution in [0.5, 0.6) is 0 Å². The summed E-state index contributed by atoms with van der Waals surface area (Å²) < 4.78 is 32.9. The fourth-order valence-corrected chi connectivity index (χ4v) is 5.08. The van der Waals surface area contributed by atoms with Crippen molar-refractivity contribution in [3.63, 3.8) is 0 Å². The van der Waals surface area contributed by atoms with E-state index in [1.165, 1.54) is 22.6 Å². The van der Waals surface area contributed by atoms with E-state index in [1.54, 1.807) is 12.1 Å². The van der Waals surface area contributed by atoms with Crippen molar-refractivity contribution in [3.8, 4) is 0 Å². The van der Waals surface area contributed by atoms with Gasteiger partial charge in [-0.3, -0.25) is 4.31 Å². The Hall–Kier alpha value is -2.94. The number of sulfonamides is 1. The molecule has 0 spiro atoms. The van der Waals surface area contributed by atoms with Crippen molar-refractivity contribution < 1.29 is 22.8 Å². The van der Waals surface area contributed by atoms with E-state index in [0.29, 0.717) is 23.1 Å². The van der Waals surface area contributed by atoms with Crippen LogP contribution in [-0.2, 0) is 16.4 Å². The number of hydrogen-bond donors (Lipinski definition) is 1. The van der Waals surface area contributed by atoms with E-state index in [4.69, 9.17) is 4.52 Å². The van der Waals surface area contributed by atoms with Crippen molar-refractivity contribution >= 4 is 32.8 Å². The van der Waals surface area contributed by atoms with E-state index in [1.807, 2.05) is 0 Å². The summed E-state index contributed by atoms with van der Waals surface area (Å²) in [5, 5.41) is 14.1. The molecule has 0 unspecified atom stereocenters. The first-order valence-electron chi connectivity index (χ1n) is 8.60. The lowest BCUT2D eigenvalue weighted by Crippen LogP contribution is -2.30. The molecule has 3 heterocycles. The molecule has 3 aromatic rings. The average molecular weight is 385 g/mol. The molecule has 8 nitrogen and oxygen atoms in total. The molecule has 5 rings (SSSR count). The Balaban J connectivity index is 1.64. The normalized spacial score (nSPS) is 16.7. The number of rotatable bonds is 4. The van der Waals surface area contributed by atoms with Crippen LogP contribution in [0.4, 0.5) is 5.69 Å². The van der Waals surface area contributed by atoms with E-state index >= 15 is 0 Å². The number of pyridine rings is 1. The number of nitrogens with zero attached hydrogens (tertiary/aromatic N) is 3. The van der Waals surface area contributed by atoms with Crippen LogP contribution in [0.1, 0.15) is 40.4 Å². The monoisotopic (exact) mass is 385 g/mol. The second-order valence-electron chi connectivity index (χ2n) is 6.81. The van der Waals surface area contributed by atoms with Gasteiger partial charge in [-0.25, -0.2) is 18.2 Å². The van der Waals surface area contributed by atoms with Gasteiger partial charge in [0.25, 0.3) is 15.7 Å². The zero-order valence-electron chi connectivity index (χ0n) is 14.1. The molecule has 1 aliphatic carbocycles. The Labute approximate surface area is 154 Å². The van der Waals surface area contributed by atoms with E-state index in [2.05, 4.69) is 10.1 Å². The van der Waals surface area contributed by atoms with Crippen molar-refractivity contribution in [2.24, 2.45) is 0 Å². The predicted molar refractivity (Wildman–Crippen MR) is 95.4 cm³/mol. The van der Waals surface area contributed by atoms with E-state index < -0.39 is 16.0 Å². The summed E-state index contributed by atoms with van der Waals surface area (Å²) in [6.07, 6.45) is 3.70. The summed E-state index contributed by atoms with van der Waals surface area (Å²) in [6.45, 7) is 0.194. The molecular weight excluding hydrogens is 370 g/mol. The highest BCUT2D eigenvalue weighted by Gasteiger charge is 2.36. The Morgan fingerprint density at radius 3 is 2.85 bits per heavy atom. The fraction of sp³-hybridized carbons (Fsp3) is 0.278. The van der Waals surface area contributed by atoms with Crippen molar-refractivity contribution in [2.75, 3.05) is 10.8 Å². The smallest absolute Gasteiger partial charge is 0.337 e. The van der Waals surface area contributed by atoms with Crippen LogP contribution >= 0.6 is 0 Å². The van der Waals surface area contributed by atoms with Gasteiger partial charge < -0.3 is 9.63 Å². The van der Waals surface area contributed by atoms with Gasteiger partial charge in [-0.15, -0.1) is 0 Å². The minimum absolute atomic E-state index is 0.00754. The maximum Gasteiger partial charge on any atom is 0.337 e. The number of aromatic carboxylic acids is 1. The standard InChI is InChI=1S/C18H15N3O5S/c22-18(23)13-3-1-2-11-6-7-21(16(11)13)27(24,25)12-8-14-15(10-4-5-10)20-26-17(14)19-9-12/h1-3,8-10H,4-7H2,(H,22,23). The highest BCUT2D eigenvalue weighted by molar-refractivity contribution is 7.92. The first-order chi connectivity index (χ1) is 13.0. The molecule has 1 saturated carbocycles. The van der Waals surface area contributed by atoms with Gasteiger partial charge >= 0.3 is 5.97 Å². The lowest BCUT2D eigenvalue weighted by atomic mass is 10.1. The first kappa shape index (κ1) is 16.2. The molecule has 27 heavy (non-hydrogen) atoms. The molecular formula is C18H15N3O5S. The summed E-state index contributed by atoms with van der Waals surface area (Å²) in [7, 11) is -3.96. The second-order valence-corrected chi connectivity index (χ2v) is 8.67. The van der Waals surface area contributed by atoms with Crippen LogP contribution in [0.3, 0.4) is 0 Å². The van der Waals surface area contributed by atoms with Crippen LogP contribution < -0.4 is 4.31 Å². The fourth-order valence-electron chi connectivity index (χ4n) is 3.58. The minimum Gasteiger partial charge on any atom is -0.478 e. The van der Waals surface area contributed by atoms with Crippen molar-refractivity contribution in [1.29, 1.82) is 0 Å². The van der Waals surface area contributed by atoms with Gasteiger partial charge in [0.05, 0.1) is 28.5 Å². The summed E-state index contributed by atoms with van der Waals surface area (Å²) >= 11 is 0. The maximum atomic E-state index is 13.3. The molecule has 2 aliphatic rings. The van der Waals surface area contributed by atoms with Crippen molar-refractivity contribution in [3.05, 3.63) is 47.3 Å². The maximum absolute atomic E-state index is 13.3. The molecule has 0 atom stereocenters. The van der Waals surface area contributed by atoms with E-state index in [0.717, 1.165) is 18.5 Å². The summed E-state index contributed by atoms with van der Waals surface area (Å²) in [6, 6.07) is 6.33. The molecule has 1 N–H and O–H groups in total. The molecule has 1 aliphatic heterocycles. The van der Waals surface area contributed by atoms with Crippen LogP contribution in [0.15, 0.2) is 39.9 Å². The highest BCUT2D eigenvalue weighted by Crippen LogP contribution is 2.43. The molecule has 0 amide bonds. The summed E-state index contributed by atoms with van der Waals surface area (Å²) in [5.41, 5.74) is 1.96. The Morgan fingerprint density at radius 1 is 1.30 bits per heavy atom. The van der Waals surface area contributed by atoms with Crippen LogP contribution in [0.2, 0.25) is 0 Å². The molecule has 0 radical (unpaired) electrons. The predicted octanol–water partition coefficient (Wildman–Crippen LogP) is 2.55. The van der Waals surface area contributed by atoms with E-state index in [9.17, 15) is 18.3 Å². The number of fused-ring (bicyclic) bond motifs is 2. The molecule has 1 aromatic carbocycles. The molecule has 138 valence electrons. The number of carboxylic acid groups (broad SMARTS) is 1. The molecule has 2 aromatic heterocycles. The van der Waals surface area contributed by atoms with Gasteiger partial charge in [0.1, 0.15) is 4.90 Å². The summed E-state index contributed by atoms with van der Waals surface area (Å²) in [5.74, 6) is -0.866. The lowest BCUT2D eigenvalue weighted by Gasteiger charge is -2.21. The molecule has 9 heteroatoms. The third-order valence-electron chi connectivity index (χ3n) is 5.07. The minimum atomic E-state index is -3.96. The average Bonchev–Trinajstić information content (AvgIpc) is 3.25. The SMILES string of the molecule is O=C(O)c1cccc2c1N(S(=O)(=O)c1cnc3onc(C4CC4)c3c1)CC2. The summed E-state index contributed by atoms with van der Waals surface area (Å²) in [4.78, 5) is 15.7. The van der Waals surface area contributed by atoms with Gasteiger partial charge in [0.15, 0.2) is 0 Å². The molecule has 1 fully saturated rings. The van der Waals surface area contributed by atoms with Crippen molar-refractivity contribution in [2.45, 2.75) is 30.1 Å². The second kappa shape index (κ2) is 5.53. The quantitative estimate of drug-likeness (QED) is 0.734. The third kappa shape index (κ3) is 2.42. The number of aromatic nitrogens is 2. The first-order valence-corrected chi connectivity index (χ1v) is 10.0. The molecule has 0 saturated heterocycles. The topological polar surface area (TPSA) is 114 Å². The Morgan fingerprint density at radius 2 is 2.11 bits per heavy atom. The van der Waals surface area contributed by atoms with Gasteiger partial charge in [0, 0.05) is 12.5 Å². The number of anilines is 1.